The molecule has 4 aromatic rings. The van der Waals surface area contributed by atoms with E-state index in [1.807, 2.05) is 46.9 Å². The summed E-state index contributed by atoms with van der Waals surface area (Å²) >= 11 is 3.70. The van der Waals surface area contributed by atoms with Crippen LogP contribution in [0, 0.1) is 0 Å². The van der Waals surface area contributed by atoms with Crippen LogP contribution in [0.1, 0.15) is 105 Å². The normalized spacial score (nSPS) is 15.5. The molecule has 2 atom stereocenters. The molecule has 13 heteroatoms. The van der Waals surface area contributed by atoms with Crippen LogP contribution < -0.4 is 10.5 Å². The largest absolute Gasteiger partial charge is 0.508 e. The topological polar surface area (TPSA) is 143 Å². The Morgan fingerprint density at radius 3 is 1.74 bits per heavy atom. The molecule has 0 radical (unpaired) electrons. The molecule has 2 aliphatic rings. The van der Waals surface area contributed by atoms with Gasteiger partial charge in [-0.2, -0.15) is 0 Å². The van der Waals surface area contributed by atoms with E-state index >= 15 is 0 Å². The Kier molecular flexibility index (Phi) is 22.5. The first-order chi connectivity index (χ1) is 28.8. The molecular weight excluding hydrogens is 830 g/mol. The van der Waals surface area contributed by atoms with E-state index in [1.54, 1.807) is 20.8 Å². The van der Waals surface area contributed by atoms with Crippen LogP contribution in [0.5, 0.6) is 11.5 Å². The highest BCUT2D eigenvalue weighted by Crippen LogP contribution is 2.33. The lowest BCUT2D eigenvalue weighted by Crippen LogP contribution is -2.41. The second-order valence-corrected chi connectivity index (χ2v) is 18.6. The van der Waals surface area contributed by atoms with Crippen molar-refractivity contribution in [3.05, 3.63) is 103 Å². The summed E-state index contributed by atoms with van der Waals surface area (Å²) in [5.41, 5.74) is 9.85. The monoisotopic (exact) mass is 897 g/mol. The van der Waals surface area contributed by atoms with Crippen LogP contribution in [-0.4, -0.2) is 88.3 Å². The number of halogens is 1. The van der Waals surface area contributed by atoms with Gasteiger partial charge in [-0.05, 0) is 155 Å². The Morgan fingerprint density at radius 2 is 1.26 bits per heavy atom. The van der Waals surface area contributed by atoms with Crippen molar-refractivity contribution >= 4 is 53.0 Å². The lowest BCUT2D eigenvalue weighted by atomic mass is 9.86. The fraction of sp³-hybridized carbons (Fsp3) is 0.521. The van der Waals surface area contributed by atoms with Crippen LogP contribution in [0.25, 0.3) is 0 Å². The Bertz CT molecular complexity index is 1900. The molecular formula is C48H68ClN3O7S2. The van der Waals surface area contributed by atoms with E-state index in [9.17, 15) is 19.5 Å². The SMILES string of the molecule is CC(C)(C)OC(=O)CCC(=O)O.CCCN(CCc1cccs1)[C@H]1CCc2c(O)cccc2C1.CCCN(CCc1cccs1)[C@H]1CCc2c(cccc2OC(=O)CN)C1.Cl. The first-order valence-corrected chi connectivity index (χ1v) is 23.3. The maximum Gasteiger partial charge on any atom is 0.325 e. The van der Waals surface area contributed by atoms with Gasteiger partial charge in [0.05, 0.1) is 19.4 Å². The number of carboxylic acids is 1. The quantitative estimate of drug-likeness (QED) is 0.0694. The van der Waals surface area contributed by atoms with E-state index in [0.717, 1.165) is 71.0 Å². The van der Waals surface area contributed by atoms with Crippen molar-refractivity contribution < 1.29 is 34.1 Å². The van der Waals surface area contributed by atoms with Crippen molar-refractivity contribution in [2.45, 2.75) is 129 Å². The van der Waals surface area contributed by atoms with Gasteiger partial charge in [-0.15, -0.1) is 35.1 Å². The molecule has 10 nitrogen and oxygen atoms in total. The number of rotatable bonds is 17. The van der Waals surface area contributed by atoms with Crippen LogP contribution >= 0.6 is 35.1 Å². The van der Waals surface area contributed by atoms with Gasteiger partial charge in [0.2, 0.25) is 0 Å². The predicted octanol–water partition coefficient (Wildman–Crippen LogP) is 9.30. The number of phenols is 1. The van der Waals surface area contributed by atoms with Gasteiger partial charge in [0.25, 0.3) is 0 Å². The second kappa shape index (κ2) is 26.6. The summed E-state index contributed by atoms with van der Waals surface area (Å²) in [5.74, 6) is -0.650. The number of phenolic OH excluding ortho intramolecular Hbond substituents is 1. The number of aromatic hydroxyl groups is 1. The minimum atomic E-state index is -0.985. The third-order valence-corrected chi connectivity index (χ3v) is 12.6. The fourth-order valence-electron chi connectivity index (χ4n) is 7.95. The van der Waals surface area contributed by atoms with E-state index in [-0.39, 0.29) is 37.8 Å². The van der Waals surface area contributed by atoms with Gasteiger partial charge >= 0.3 is 17.9 Å². The van der Waals surface area contributed by atoms with E-state index in [1.165, 1.54) is 51.4 Å². The van der Waals surface area contributed by atoms with Crippen LogP contribution in [0.2, 0.25) is 0 Å². The molecule has 0 fully saturated rings. The summed E-state index contributed by atoms with van der Waals surface area (Å²) in [5, 5.41) is 22.6. The van der Waals surface area contributed by atoms with Crippen molar-refractivity contribution in [1.29, 1.82) is 0 Å². The van der Waals surface area contributed by atoms with Gasteiger partial charge in [-0.25, -0.2) is 0 Å². The number of ether oxygens (including phenoxy) is 2. The number of hydrogen-bond donors (Lipinski definition) is 3. The molecule has 0 aliphatic heterocycles. The number of benzene rings is 2. The first kappa shape index (κ1) is 51.6. The third kappa shape index (κ3) is 17.9. The van der Waals surface area contributed by atoms with Crippen molar-refractivity contribution in [3.63, 3.8) is 0 Å². The van der Waals surface area contributed by atoms with Crippen molar-refractivity contribution in [2.24, 2.45) is 5.73 Å². The molecule has 0 bridgehead atoms. The molecule has 0 unspecified atom stereocenters. The Morgan fingerprint density at radius 1 is 0.738 bits per heavy atom. The number of carbonyl (C=O) groups is 3. The third-order valence-electron chi connectivity index (χ3n) is 10.7. The van der Waals surface area contributed by atoms with E-state index in [4.69, 9.17) is 20.3 Å². The van der Waals surface area contributed by atoms with Crippen molar-refractivity contribution in [1.82, 2.24) is 9.80 Å². The molecule has 61 heavy (non-hydrogen) atoms. The molecule has 2 aliphatic carbocycles. The first-order valence-electron chi connectivity index (χ1n) is 21.6. The van der Waals surface area contributed by atoms with E-state index in [2.05, 4.69) is 70.8 Å². The lowest BCUT2D eigenvalue weighted by Gasteiger charge is -2.35. The fourth-order valence-corrected chi connectivity index (χ4v) is 9.35. The Balaban J connectivity index is 0.000000258. The smallest absolute Gasteiger partial charge is 0.325 e. The standard InChI is InChI=1S/C21H28N2O2S.C19H25NOS.C8H14O4.ClH/c1-2-11-23(12-10-18-6-4-13-26-18)17-8-9-19-16(14-17)5-3-7-20(19)25-21(24)15-22;1-2-11-20(12-10-17-6-4-13-22-17)16-8-9-18-15(14-16)5-3-7-19(18)21;1-8(2,3)12-7(11)5-4-6(9)10;/h3-7,13,17H,2,8-12,14-15,22H2,1H3;3-7,13,16,21H,2,8-12,14H2,1H3;4-5H2,1-3H3,(H,9,10);1H/t17-;16-;;/m00../s1. The van der Waals surface area contributed by atoms with Crippen LogP contribution in [0.3, 0.4) is 0 Å². The summed E-state index contributed by atoms with van der Waals surface area (Å²) in [6, 6.07) is 21.9. The highest BCUT2D eigenvalue weighted by molar-refractivity contribution is 7.10. The van der Waals surface area contributed by atoms with Crippen molar-refractivity contribution in [3.8, 4) is 11.5 Å². The van der Waals surface area contributed by atoms with E-state index in [0.29, 0.717) is 23.6 Å². The zero-order chi connectivity index (χ0) is 43.5. The predicted molar refractivity (Wildman–Crippen MR) is 251 cm³/mol. The molecule has 0 spiro atoms. The van der Waals surface area contributed by atoms with Gasteiger partial charge in [-0.1, -0.05) is 50.2 Å². The van der Waals surface area contributed by atoms with Crippen LogP contribution in [0.4, 0.5) is 0 Å². The summed E-state index contributed by atoms with van der Waals surface area (Å²) in [6.45, 7) is 14.2. The minimum Gasteiger partial charge on any atom is -0.508 e. The number of carboxylic acid groups (broad SMARTS) is 1. The van der Waals surface area contributed by atoms with Gasteiger partial charge < -0.3 is 25.4 Å². The van der Waals surface area contributed by atoms with Gasteiger partial charge in [-0.3, -0.25) is 24.2 Å². The summed E-state index contributed by atoms with van der Waals surface area (Å²) in [7, 11) is 0. The summed E-state index contributed by atoms with van der Waals surface area (Å²) < 4.78 is 10.3. The Labute approximate surface area is 377 Å². The van der Waals surface area contributed by atoms with Crippen molar-refractivity contribution in [2.75, 3.05) is 32.7 Å². The van der Waals surface area contributed by atoms with Gasteiger partial charge in [0.15, 0.2) is 0 Å². The van der Waals surface area contributed by atoms with Crippen LogP contribution in [-0.2, 0) is 57.6 Å². The number of carbonyl (C=O) groups excluding carboxylic acids is 2. The molecule has 336 valence electrons. The molecule has 2 heterocycles. The zero-order valence-electron chi connectivity index (χ0n) is 36.7. The zero-order valence-corrected chi connectivity index (χ0v) is 39.2. The van der Waals surface area contributed by atoms with Crippen LogP contribution in [0.15, 0.2) is 71.4 Å². The highest BCUT2D eigenvalue weighted by Gasteiger charge is 2.27. The molecule has 2 aromatic carbocycles. The minimum absolute atomic E-state index is 0. The highest BCUT2D eigenvalue weighted by atomic mass is 35.5. The maximum atomic E-state index is 11.6. The molecule has 0 saturated carbocycles. The average Bonchev–Trinajstić information content (AvgIpc) is 3.95. The molecule has 2 aromatic heterocycles. The molecule has 4 N–H and O–H groups in total. The molecule has 0 amide bonds. The van der Waals surface area contributed by atoms with Gasteiger partial charge in [0, 0.05) is 34.9 Å². The number of nitrogens with zero attached hydrogens (tertiary/aromatic N) is 2. The van der Waals surface area contributed by atoms with E-state index < -0.39 is 17.5 Å². The second-order valence-electron chi connectivity index (χ2n) is 16.5. The number of aliphatic carboxylic acids is 1. The number of thiophene rings is 2. The number of fused-ring (bicyclic) bond motifs is 2. The lowest BCUT2D eigenvalue weighted by molar-refractivity contribution is -0.157. The van der Waals surface area contributed by atoms with Gasteiger partial charge in [0.1, 0.15) is 17.1 Å². The summed E-state index contributed by atoms with van der Waals surface area (Å²) in [6.07, 6.45) is 10.7. The average molecular weight is 899 g/mol. The summed E-state index contributed by atoms with van der Waals surface area (Å²) in [4.78, 5) is 40.7. The number of hydrogen-bond acceptors (Lipinski definition) is 11. The Hall–Kier alpha value is -3.78. The molecule has 6 rings (SSSR count). The maximum absolute atomic E-state index is 11.6. The molecule has 0 saturated heterocycles. The number of esters is 2. The number of nitrogens with two attached hydrogens (primary N) is 1.